The number of hydrogen-bond donors (Lipinski definition) is 3. The molecule has 198 valence electrons. The third-order valence-electron chi connectivity index (χ3n) is 6.66. The number of benzene rings is 2. The number of fused-ring (bicyclic) bond motifs is 1. The minimum Gasteiger partial charge on any atom is -0.508 e. The van der Waals surface area contributed by atoms with Crippen molar-refractivity contribution in [2.24, 2.45) is 0 Å². The molecular weight excluding hydrogens is 488 g/mol. The first-order chi connectivity index (χ1) is 18.5. The number of amides is 1. The number of phenols is 1. The number of rotatable bonds is 13. The predicted octanol–water partition coefficient (Wildman–Crippen LogP) is 6.94. The summed E-state index contributed by atoms with van der Waals surface area (Å²) in [7, 11) is 0. The fourth-order valence-corrected chi connectivity index (χ4v) is 5.71. The molecule has 1 atom stereocenters. The Kier molecular flexibility index (Phi) is 12.0. The lowest BCUT2D eigenvalue weighted by molar-refractivity contribution is -0.120. The van der Waals surface area contributed by atoms with Crippen molar-refractivity contribution >= 4 is 28.9 Å². The molecule has 0 aromatic heterocycles. The van der Waals surface area contributed by atoms with Crippen LogP contribution in [0.4, 0.5) is 5.69 Å². The quantitative estimate of drug-likeness (QED) is 0.196. The zero-order valence-electron chi connectivity index (χ0n) is 22.4. The van der Waals surface area contributed by atoms with E-state index in [0.29, 0.717) is 19.5 Å². The Balaban J connectivity index is 1.85. The van der Waals surface area contributed by atoms with Gasteiger partial charge in [0.2, 0.25) is 5.91 Å². The summed E-state index contributed by atoms with van der Waals surface area (Å²) in [5.41, 5.74) is 17.5. The van der Waals surface area contributed by atoms with Crippen LogP contribution in [0.3, 0.4) is 0 Å². The predicted molar refractivity (Wildman–Crippen MR) is 161 cm³/mol. The van der Waals surface area contributed by atoms with E-state index in [1.54, 1.807) is 12.1 Å². The van der Waals surface area contributed by atoms with Crippen LogP contribution < -0.4 is 10.6 Å². The van der Waals surface area contributed by atoms with Gasteiger partial charge in [-0.25, -0.2) is 0 Å². The second kappa shape index (κ2) is 15.7. The maximum Gasteiger partial charge on any atom is 0.224 e. The highest BCUT2D eigenvalue weighted by atomic mass is 32.2. The van der Waals surface area contributed by atoms with Gasteiger partial charge in [-0.1, -0.05) is 49.6 Å². The summed E-state index contributed by atoms with van der Waals surface area (Å²) < 4.78 is 0. The number of anilines is 1. The standard InChI is InChI=1S/C33H38N2O2S/c1-4-6-8-9-10-20-34-31-19-16-27(24-32(37)35-21-23-38-22-7-5-2)30-13-11-12-29(33(30)31)25(3)26-14-17-28(36)18-15-26/h10,14-19,29,34,36H,1,3,5,7,11-13,20-24H2,2H3,(H,35,37). The van der Waals surface area contributed by atoms with E-state index in [1.165, 1.54) is 24.0 Å². The number of thioether (sulfide) groups is 1. The van der Waals surface area contributed by atoms with Crippen molar-refractivity contribution in [2.45, 2.75) is 51.4 Å². The van der Waals surface area contributed by atoms with Crippen molar-refractivity contribution < 1.29 is 9.90 Å². The minimum absolute atomic E-state index is 0.0682. The van der Waals surface area contributed by atoms with E-state index in [4.69, 9.17) is 0 Å². The number of carbonyl (C=O) groups excluding carboxylic acids is 1. The van der Waals surface area contributed by atoms with Gasteiger partial charge in [0.1, 0.15) is 5.75 Å². The highest BCUT2D eigenvalue weighted by molar-refractivity contribution is 7.99. The fourth-order valence-electron chi connectivity index (χ4n) is 4.77. The molecule has 0 radical (unpaired) electrons. The molecule has 0 fully saturated rings. The average Bonchev–Trinajstić information content (AvgIpc) is 2.93. The smallest absolute Gasteiger partial charge is 0.224 e. The SMILES string of the molecule is C=C=C=C=C=CCNc1ccc(CC(=O)NCCSCCCC)c2c1C(C(=C)c1ccc(O)cc1)CCC2. The normalized spacial score (nSPS) is 13.7. The fraction of sp³-hybridized carbons (Fsp3) is 0.364. The Bertz CT molecular complexity index is 1270. The first kappa shape index (κ1) is 29.0. The largest absolute Gasteiger partial charge is 0.508 e. The zero-order chi connectivity index (χ0) is 27.2. The summed E-state index contributed by atoms with van der Waals surface area (Å²) in [5.74, 6) is 2.52. The molecule has 0 saturated carbocycles. The van der Waals surface area contributed by atoms with Gasteiger partial charge >= 0.3 is 0 Å². The Morgan fingerprint density at radius 3 is 2.76 bits per heavy atom. The molecule has 4 nitrogen and oxygen atoms in total. The molecule has 3 rings (SSSR count). The van der Waals surface area contributed by atoms with Crippen molar-refractivity contribution in [3.8, 4) is 5.75 Å². The van der Waals surface area contributed by atoms with Crippen molar-refractivity contribution in [3.05, 3.63) is 101 Å². The van der Waals surface area contributed by atoms with Gasteiger partial charge in [-0.2, -0.15) is 11.8 Å². The Morgan fingerprint density at radius 2 is 2.00 bits per heavy atom. The van der Waals surface area contributed by atoms with Gasteiger partial charge in [-0.3, -0.25) is 4.79 Å². The van der Waals surface area contributed by atoms with Crippen LogP contribution in [0.25, 0.3) is 5.57 Å². The Morgan fingerprint density at radius 1 is 1.18 bits per heavy atom. The van der Waals surface area contributed by atoms with Gasteiger partial charge in [-0.15, -0.1) is 0 Å². The summed E-state index contributed by atoms with van der Waals surface area (Å²) in [5, 5.41) is 16.4. The molecule has 0 aliphatic heterocycles. The van der Waals surface area contributed by atoms with Gasteiger partial charge in [0, 0.05) is 30.4 Å². The van der Waals surface area contributed by atoms with Gasteiger partial charge in [0.05, 0.1) is 6.42 Å². The van der Waals surface area contributed by atoms with Gasteiger partial charge in [-0.05, 0) is 102 Å². The van der Waals surface area contributed by atoms with E-state index in [9.17, 15) is 9.90 Å². The summed E-state index contributed by atoms with van der Waals surface area (Å²) in [4.78, 5) is 12.8. The molecule has 0 bridgehead atoms. The molecule has 1 aliphatic carbocycles. The number of aromatic hydroxyl groups is 1. The molecule has 1 aliphatic rings. The lowest BCUT2D eigenvalue weighted by Gasteiger charge is -2.32. The average molecular weight is 527 g/mol. The number of nitrogens with one attached hydrogen (secondary N) is 2. The van der Waals surface area contributed by atoms with E-state index < -0.39 is 0 Å². The zero-order valence-corrected chi connectivity index (χ0v) is 23.2. The second-order valence-corrected chi connectivity index (χ2v) is 10.6. The maximum absolute atomic E-state index is 12.8. The molecule has 3 N–H and O–H groups in total. The van der Waals surface area contributed by atoms with E-state index in [-0.39, 0.29) is 17.6 Å². The van der Waals surface area contributed by atoms with Crippen LogP contribution in [-0.4, -0.2) is 35.6 Å². The van der Waals surface area contributed by atoms with E-state index in [2.05, 4.69) is 65.8 Å². The summed E-state index contributed by atoms with van der Waals surface area (Å²) in [6.45, 7) is 11.4. The van der Waals surface area contributed by atoms with Crippen molar-refractivity contribution in [2.75, 3.05) is 29.9 Å². The molecule has 0 heterocycles. The summed E-state index contributed by atoms with van der Waals surface area (Å²) in [6, 6.07) is 11.4. The number of phenolic OH excluding ortho intramolecular Hbond substituents is 1. The first-order valence-corrected chi connectivity index (χ1v) is 14.5. The van der Waals surface area contributed by atoms with Gasteiger partial charge in [0.15, 0.2) is 0 Å². The van der Waals surface area contributed by atoms with Crippen LogP contribution in [0.2, 0.25) is 0 Å². The van der Waals surface area contributed by atoms with Gasteiger partial charge < -0.3 is 15.7 Å². The molecule has 2 aromatic carbocycles. The lowest BCUT2D eigenvalue weighted by atomic mass is 9.74. The van der Waals surface area contributed by atoms with E-state index >= 15 is 0 Å². The minimum atomic E-state index is 0.0682. The third kappa shape index (κ3) is 8.51. The van der Waals surface area contributed by atoms with Crippen LogP contribution in [0, 0.1) is 0 Å². The molecule has 5 heteroatoms. The Labute approximate surface area is 231 Å². The molecular formula is C33H38N2O2S. The highest BCUT2D eigenvalue weighted by Crippen LogP contribution is 2.45. The van der Waals surface area contributed by atoms with Crippen LogP contribution in [0.15, 0.2) is 78.6 Å². The van der Waals surface area contributed by atoms with Crippen LogP contribution >= 0.6 is 11.8 Å². The molecule has 0 spiro atoms. The molecule has 38 heavy (non-hydrogen) atoms. The van der Waals surface area contributed by atoms with E-state index in [0.717, 1.165) is 53.2 Å². The van der Waals surface area contributed by atoms with Crippen molar-refractivity contribution in [1.29, 1.82) is 0 Å². The van der Waals surface area contributed by atoms with Crippen molar-refractivity contribution in [1.82, 2.24) is 5.32 Å². The molecule has 1 amide bonds. The summed E-state index contributed by atoms with van der Waals surface area (Å²) >= 11 is 1.90. The molecule has 1 unspecified atom stereocenters. The topological polar surface area (TPSA) is 61.4 Å². The molecule has 0 saturated heterocycles. The number of unbranched alkanes of at least 4 members (excludes halogenated alkanes) is 1. The number of hydrogen-bond acceptors (Lipinski definition) is 4. The maximum atomic E-state index is 12.8. The lowest BCUT2D eigenvalue weighted by Crippen LogP contribution is -2.28. The first-order valence-electron chi connectivity index (χ1n) is 13.4. The second-order valence-electron chi connectivity index (χ2n) is 9.33. The van der Waals surface area contributed by atoms with Crippen LogP contribution in [0.1, 0.15) is 60.8 Å². The monoisotopic (exact) mass is 526 g/mol. The van der Waals surface area contributed by atoms with Crippen LogP contribution in [-0.2, 0) is 17.6 Å². The molecule has 2 aromatic rings. The number of carbonyl (C=O) groups is 1. The van der Waals surface area contributed by atoms with Crippen molar-refractivity contribution in [3.63, 3.8) is 0 Å². The van der Waals surface area contributed by atoms with Crippen LogP contribution in [0.5, 0.6) is 5.75 Å². The van der Waals surface area contributed by atoms with Gasteiger partial charge in [0.25, 0.3) is 0 Å². The summed E-state index contributed by atoms with van der Waals surface area (Å²) in [6.07, 6.45) is 7.59. The third-order valence-corrected chi connectivity index (χ3v) is 7.73. The van der Waals surface area contributed by atoms with E-state index in [1.807, 2.05) is 30.0 Å². The Hall–Kier alpha value is -3.54. The highest BCUT2D eigenvalue weighted by Gasteiger charge is 2.28. The number of allylic oxidation sites excluding steroid dienone is 1.